The molecule has 0 bridgehead atoms. The molecule has 0 rings (SSSR count). The van der Waals surface area contributed by atoms with E-state index in [1.54, 1.807) is 0 Å². The van der Waals surface area contributed by atoms with E-state index in [9.17, 15) is 43.2 Å². The summed E-state index contributed by atoms with van der Waals surface area (Å²) in [4.78, 5) is 72.7. The Hall–Kier alpha value is -2.46. The van der Waals surface area contributed by atoms with Gasteiger partial charge in [0.15, 0.2) is 12.2 Å². The third-order valence-electron chi connectivity index (χ3n) is 16.9. The maximum absolute atomic E-state index is 13.1. The fourth-order valence-electron chi connectivity index (χ4n) is 11.0. The van der Waals surface area contributed by atoms with Gasteiger partial charge in [-0.3, -0.25) is 37.3 Å². The normalized spacial score (nSPS) is 14.1. The molecule has 19 heteroatoms. The molecule has 0 aromatic heterocycles. The topological polar surface area (TPSA) is 237 Å². The second kappa shape index (κ2) is 69.0. The molecule has 94 heavy (non-hydrogen) atoms. The molecule has 0 heterocycles. The van der Waals surface area contributed by atoms with Gasteiger partial charge in [0.05, 0.1) is 26.4 Å². The number of allylic oxidation sites excluding steroid dienone is 4. The fraction of sp³-hybridized carbons (Fsp3) is 0.893. The molecule has 0 aromatic carbocycles. The van der Waals surface area contributed by atoms with Gasteiger partial charge in [-0.15, -0.1) is 0 Å². The van der Waals surface area contributed by atoms with Crippen LogP contribution in [0.2, 0.25) is 0 Å². The number of rotatable bonds is 74. The molecule has 0 aliphatic heterocycles. The van der Waals surface area contributed by atoms with Crippen LogP contribution in [0.1, 0.15) is 374 Å². The first-order valence-corrected chi connectivity index (χ1v) is 41.6. The number of hydrogen-bond donors (Lipinski definition) is 3. The van der Waals surface area contributed by atoms with Crippen LogP contribution in [0.3, 0.4) is 0 Å². The molecule has 0 saturated heterocycles. The van der Waals surface area contributed by atoms with E-state index in [2.05, 4.69) is 52.0 Å². The molecule has 0 fully saturated rings. The molecule has 5 unspecified atom stereocenters. The summed E-state index contributed by atoms with van der Waals surface area (Å²) < 4.78 is 68.4. The Balaban J connectivity index is 5.27. The Morgan fingerprint density at radius 2 is 0.489 bits per heavy atom. The van der Waals surface area contributed by atoms with Gasteiger partial charge in [-0.2, -0.15) is 0 Å². The van der Waals surface area contributed by atoms with Gasteiger partial charge in [-0.1, -0.05) is 296 Å². The quantitative estimate of drug-likeness (QED) is 0.0169. The van der Waals surface area contributed by atoms with Crippen molar-refractivity contribution in [3.8, 4) is 0 Å². The van der Waals surface area contributed by atoms with Crippen LogP contribution in [0.5, 0.6) is 0 Å². The van der Waals surface area contributed by atoms with E-state index in [-0.39, 0.29) is 25.7 Å². The zero-order valence-corrected chi connectivity index (χ0v) is 62.2. The number of aliphatic hydroxyl groups is 1. The Kier molecular flexibility index (Phi) is 67.2. The molecule has 0 aromatic rings. The van der Waals surface area contributed by atoms with Crippen LogP contribution in [0.25, 0.3) is 0 Å². The molecule has 0 saturated carbocycles. The van der Waals surface area contributed by atoms with Crippen molar-refractivity contribution in [1.29, 1.82) is 0 Å². The first-order chi connectivity index (χ1) is 45.7. The van der Waals surface area contributed by atoms with E-state index in [0.717, 1.165) is 122 Å². The van der Waals surface area contributed by atoms with Gasteiger partial charge in [0.1, 0.15) is 19.3 Å². The van der Waals surface area contributed by atoms with Crippen molar-refractivity contribution in [1.82, 2.24) is 0 Å². The minimum Gasteiger partial charge on any atom is -0.462 e. The molecular weight excluding hydrogens is 1230 g/mol. The summed E-state index contributed by atoms with van der Waals surface area (Å²) >= 11 is 0. The third-order valence-corrected chi connectivity index (χ3v) is 18.8. The second-order valence-corrected chi connectivity index (χ2v) is 29.2. The van der Waals surface area contributed by atoms with Crippen LogP contribution in [0.15, 0.2) is 24.3 Å². The number of ether oxygens (including phenoxy) is 4. The van der Waals surface area contributed by atoms with E-state index in [1.165, 1.54) is 173 Å². The van der Waals surface area contributed by atoms with Crippen LogP contribution in [-0.4, -0.2) is 96.7 Å². The van der Waals surface area contributed by atoms with Crippen LogP contribution < -0.4 is 0 Å². The van der Waals surface area contributed by atoms with Crippen molar-refractivity contribution in [2.24, 2.45) is 0 Å². The molecule has 0 spiro atoms. The average molecular weight is 1380 g/mol. The lowest BCUT2D eigenvalue weighted by Gasteiger charge is -2.21. The summed E-state index contributed by atoms with van der Waals surface area (Å²) in [5.41, 5.74) is 0. The molecule has 5 atom stereocenters. The van der Waals surface area contributed by atoms with Crippen molar-refractivity contribution in [2.75, 3.05) is 39.6 Å². The van der Waals surface area contributed by atoms with Crippen molar-refractivity contribution in [2.45, 2.75) is 393 Å². The minimum absolute atomic E-state index is 0.0934. The van der Waals surface area contributed by atoms with Gasteiger partial charge in [0, 0.05) is 25.7 Å². The van der Waals surface area contributed by atoms with Gasteiger partial charge in [-0.05, 0) is 77.0 Å². The molecule has 0 radical (unpaired) electrons. The lowest BCUT2D eigenvalue weighted by molar-refractivity contribution is -0.161. The van der Waals surface area contributed by atoms with Crippen LogP contribution >= 0.6 is 15.6 Å². The monoisotopic (exact) mass is 1380 g/mol. The lowest BCUT2D eigenvalue weighted by Crippen LogP contribution is -2.30. The molecule has 3 N–H and O–H groups in total. The summed E-state index contributed by atoms with van der Waals surface area (Å²) in [7, 11) is -9.92. The highest BCUT2D eigenvalue weighted by Gasteiger charge is 2.30. The summed E-state index contributed by atoms with van der Waals surface area (Å²) in [5, 5.41) is 10.6. The molecule has 0 aliphatic rings. The minimum atomic E-state index is -4.96. The Bertz CT molecular complexity index is 1880. The van der Waals surface area contributed by atoms with Gasteiger partial charge in [0.2, 0.25) is 0 Å². The second-order valence-electron chi connectivity index (χ2n) is 26.3. The van der Waals surface area contributed by atoms with Gasteiger partial charge in [-0.25, -0.2) is 9.13 Å². The predicted molar refractivity (Wildman–Crippen MR) is 381 cm³/mol. The number of carbonyl (C=O) groups excluding carboxylic acids is 4. The summed E-state index contributed by atoms with van der Waals surface area (Å²) in [5.74, 6) is -2.15. The first kappa shape index (κ1) is 91.5. The Morgan fingerprint density at radius 1 is 0.287 bits per heavy atom. The first-order valence-electron chi connectivity index (χ1n) is 38.6. The van der Waals surface area contributed by atoms with Gasteiger partial charge < -0.3 is 33.8 Å². The predicted octanol–water partition coefficient (Wildman–Crippen LogP) is 21.8. The maximum atomic E-state index is 13.1. The largest absolute Gasteiger partial charge is 0.472 e. The highest BCUT2D eigenvalue weighted by Crippen LogP contribution is 2.45. The molecule has 17 nitrogen and oxygen atoms in total. The van der Waals surface area contributed by atoms with Crippen LogP contribution in [-0.2, 0) is 65.4 Å². The standard InChI is InChI=1S/C75H142O17P2/c1-5-9-13-17-21-25-29-32-34-37-40-43-47-51-55-59-72(77)85-65-70(91-74(79)61-57-53-49-45-39-28-24-20-16-12-8-4)67-89-93(81,82)87-63-69(76)64-88-94(83,84)90-68-71(92-75(80)62-58-54-50-46-42-36-31-27-23-19-15-11-7-3)66-86-73(78)60-56-52-48-44-41-38-35-33-30-26-22-18-14-10-6-2/h27,31-32,34,69-71,76H,5-26,28-30,33,35-68H2,1-4H3,(H,81,82)(H,83,84)/b31-27-,34-32-. The number of aliphatic hydroxyl groups excluding tert-OH is 1. The lowest BCUT2D eigenvalue weighted by atomic mass is 10.0. The van der Waals surface area contributed by atoms with Gasteiger partial charge >= 0.3 is 39.5 Å². The fourth-order valence-corrected chi connectivity index (χ4v) is 12.6. The Labute approximate surface area is 573 Å². The molecule has 0 aliphatic carbocycles. The highest BCUT2D eigenvalue weighted by molar-refractivity contribution is 7.47. The summed E-state index contributed by atoms with van der Waals surface area (Å²) in [6, 6.07) is 0. The van der Waals surface area contributed by atoms with E-state index in [4.69, 9.17) is 37.0 Å². The highest BCUT2D eigenvalue weighted by atomic mass is 31.2. The summed E-state index contributed by atoms with van der Waals surface area (Å²) in [6.07, 6.45) is 61.7. The zero-order chi connectivity index (χ0) is 69.0. The van der Waals surface area contributed by atoms with Crippen molar-refractivity contribution in [3.63, 3.8) is 0 Å². The number of unbranched alkanes of at least 4 members (excludes halogenated alkanes) is 44. The molecule has 0 amide bonds. The van der Waals surface area contributed by atoms with Crippen LogP contribution in [0, 0.1) is 0 Å². The summed E-state index contributed by atoms with van der Waals surface area (Å²) in [6.45, 7) is 4.91. The smallest absolute Gasteiger partial charge is 0.462 e. The number of phosphoric ester groups is 2. The van der Waals surface area contributed by atoms with E-state index in [0.29, 0.717) is 25.7 Å². The molecular formula is C75H142O17P2. The maximum Gasteiger partial charge on any atom is 0.472 e. The van der Waals surface area contributed by atoms with Crippen LogP contribution in [0.4, 0.5) is 0 Å². The zero-order valence-electron chi connectivity index (χ0n) is 60.4. The van der Waals surface area contributed by atoms with Crippen molar-refractivity contribution in [3.05, 3.63) is 24.3 Å². The van der Waals surface area contributed by atoms with Crippen molar-refractivity contribution >= 4 is 39.5 Å². The van der Waals surface area contributed by atoms with E-state index in [1.807, 2.05) is 0 Å². The Morgan fingerprint density at radius 3 is 0.745 bits per heavy atom. The molecule has 554 valence electrons. The average Bonchev–Trinajstić information content (AvgIpc) is 1.22. The number of hydrogen-bond acceptors (Lipinski definition) is 15. The van der Waals surface area contributed by atoms with E-state index < -0.39 is 97.5 Å². The number of carbonyl (C=O) groups is 4. The van der Waals surface area contributed by atoms with E-state index >= 15 is 0 Å². The number of phosphoric acid groups is 2. The SMILES string of the molecule is CCCCCC/C=C\CCCCCCCC(=O)OC(COC(=O)CCCCCCCCCCCCCCCCC)COP(=O)(O)OCC(O)COP(=O)(O)OCC(COC(=O)CCCCCCC/C=C\CCCCCCCC)OC(=O)CCCCCCCCCCCCC. The van der Waals surface area contributed by atoms with Crippen molar-refractivity contribution < 1.29 is 80.2 Å². The number of esters is 4. The third kappa shape index (κ3) is 68.1. The van der Waals surface area contributed by atoms with Gasteiger partial charge in [0.25, 0.3) is 0 Å².